The molecule has 3 N–H and O–H groups in total. The van der Waals surface area contributed by atoms with Crippen LogP contribution in [0.15, 0.2) is 12.1 Å². The standard InChI is InChI=1S/C12H15Cl2FN2O/c1-3-12(2,6-16)11(18)17-7-4-8(13)10(15)9(14)5-7/h4-5H,3,6,16H2,1-2H3,(H,17,18). The van der Waals surface area contributed by atoms with E-state index in [2.05, 4.69) is 5.32 Å². The molecule has 0 saturated heterocycles. The van der Waals surface area contributed by atoms with Gasteiger partial charge in [0.05, 0.1) is 15.5 Å². The van der Waals surface area contributed by atoms with Gasteiger partial charge in [0.1, 0.15) is 0 Å². The first-order valence-corrected chi connectivity index (χ1v) is 6.25. The molecule has 1 aromatic rings. The van der Waals surface area contributed by atoms with Gasteiger partial charge in [0.2, 0.25) is 5.91 Å². The number of hydrogen-bond donors (Lipinski definition) is 2. The van der Waals surface area contributed by atoms with E-state index < -0.39 is 11.2 Å². The van der Waals surface area contributed by atoms with E-state index in [0.29, 0.717) is 12.1 Å². The van der Waals surface area contributed by atoms with E-state index in [-0.39, 0.29) is 22.5 Å². The van der Waals surface area contributed by atoms with Gasteiger partial charge in [-0.15, -0.1) is 0 Å². The van der Waals surface area contributed by atoms with Crippen LogP contribution in [0.5, 0.6) is 0 Å². The van der Waals surface area contributed by atoms with Crippen molar-refractivity contribution >= 4 is 34.8 Å². The normalized spacial score (nSPS) is 14.1. The largest absolute Gasteiger partial charge is 0.329 e. The van der Waals surface area contributed by atoms with Crippen LogP contribution in [0.1, 0.15) is 20.3 Å². The SMILES string of the molecule is CCC(C)(CN)C(=O)Nc1cc(Cl)c(F)c(Cl)c1. The molecule has 1 rings (SSSR count). The molecule has 0 fully saturated rings. The van der Waals surface area contributed by atoms with Crippen LogP contribution < -0.4 is 11.1 Å². The van der Waals surface area contributed by atoms with E-state index in [9.17, 15) is 9.18 Å². The Kier molecular flexibility index (Phi) is 4.96. The van der Waals surface area contributed by atoms with E-state index in [0.717, 1.165) is 0 Å². The molecular formula is C12H15Cl2FN2O. The summed E-state index contributed by atoms with van der Waals surface area (Å²) in [6.45, 7) is 3.85. The van der Waals surface area contributed by atoms with Crippen LogP contribution in [-0.4, -0.2) is 12.5 Å². The summed E-state index contributed by atoms with van der Waals surface area (Å²) in [7, 11) is 0. The summed E-state index contributed by atoms with van der Waals surface area (Å²) in [4.78, 5) is 12.0. The number of anilines is 1. The zero-order valence-electron chi connectivity index (χ0n) is 10.2. The Balaban J connectivity index is 2.95. The minimum Gasteiger partial charge on any atom is -0.329 e. The highest BCUT2D eigenvalue weighted by Crippen LogP contribution is 2.29. The minimum atomic E-state index is -0.701. The van der Waals surface area contributed by atoms with Gasteiger partial charge in [-0.1, -0.05) is 30.1 Å². The van der Waals surface area contributed by atoms with Gasteiger partial charge < -0.3 is 11.1 Å². The van der Waals surface area contributed by atoms with E-state index >= 15 is 0 Å². The summed E-state index contributed by atoms with van der Waals surface area (Å²) in [6, 6.07) is 2.63. The predicted octanol–water partition coefficient (Wildman–Crippen LogP) is 3.45. The van der Waals surface area contributed by atoms with Gasteiger partial charge in [0, 0.05) is 12.2 Å². The molecule has 0 aliphatic rings. The Labute approximate surface area is 115 Å². The molecule has 0 bridgehead atoms. The molecule has 100 valence electrons. The van der Waals surface area contributed by atoms with Gasteiger partial charge in [0.25, 0.3) is 0 Å². The van der Waals surface area contributed by atoms with Crippen LogP contribution in [0.25, 0.3) is 0 Å². The highest BCUT2D eigenvalue weighted by Gasteiger charge is 2.29. The van der Waals surface area contributed by atoms with Crippen LogP contribution in [-0.2, 0) is 4.79 Å². The molecule has 1 amide bonds. The second-order valence-electron chi connectivity index (χ2n) is 4.33. The highest BCUT2D eigenvalue weighted by atomic mass is 35.5. The summed E-state index contributed by atoms with van der Waals surface area (Å²) in [5.74, 6) is -0.945. The van der Waals surface area contributed by atoms with Gasteiger partial charge in [-0.05, 0) is 25.5 Å². The number of nitrogens with one attached hydrogen (secondary N) is 1. The molecule has 1 atom stereocenters. The number of amides is 1. The number of halogens is 3. The van der Waals surface area contributed by atoms with Crippen molar-refractivity contribution in [1.82, 2.24) is 0 Å². The summed E-state index contributed by atoms with van der Waals surface area (Å²) < 4.78 is 13.2. The molecule has 0 aromatic heterocycles. The summed E-state index contributed by atoms with van der Waals surface area (Å²) in [6.07, 6.45) is 0.595. The Morgan fingerprint density at radius 3 is 2.33 bits per heavy atom. The van der Waals surface area contributed by atoms with E-state index in [1.807, 2.05) is 6.92 Å². The van der Waals surface area contributed by atoms with Gasteiger partial charge in [-0.25, -0.2) is 4.39 Å². The molecule has 0 aliphatic carbocycles. The van der Waals surface area contributed by atoms with E-state index in [1.165, 1.54) is 12.1 Å². The van der Waals surface area contributed by atoms with Crippen molar-refractivity contribution < 1.29 is 9.18 Å². The number of carbonyl (C=O) groups is 1. The highest BCUT2D eigenvalue weighted by molar-refractivity contribution is 6.35. The quantitative estimate of drug-likeness (QED) is 0.835. The van der Waals surface area contributed by atoms with Crippen molar-refractivity contribution in [2.45, 2.75) is 20.3 Å². The minimum absolute atomic E-state index is 0.135. The average Bonchev–Trinajstić information content (AvgIpc) is 2.34. The topological polar surface area (TPSA) is 55.1 Å². The molecule has 6 heteroatoms. The smallest absolute Gasteiger partial charge is 0.231 e. The van der Waals surface area contributed by atoms with Crippen molar-refractivity contribution in [1.29, 1.82) is 0 Å². The lowest BCUT2D eigenvalue weighted by Crippen LogP contribution is -2.39. The lowest BCUT2D eigenvalue weighted by molar-refractivity contribution is -0.124. The first-order valence-electron chi connectivity index (χ1n) is 5.50. The second-order valence-corrected chi connectivity index (χ2v) is 5.14. The first-order chi connectivity index (χ1) is 8.34. The lowest BCUT2D eigenvalue weighted by Gasteiger charge is -2.25. The molecule has 1 aromatic carbocycles. The maximum absolute atomic E-state index is 13.2. The summed E-state index contributed by atoms with van der Waals surface area (Å²) in [5.41, 5.74) is 5.26. The molecule has 1 unspecified atom stereocenters. The van der Waals surface area contributed by atoms with Crippen molar-refractivity contribution in [3.05, 3.63) is 28.0 Å². The average molecular weight is 293 g/mol. The molecule has 18 heavy (non-hydrogen) atoms. The van der Waals surface area contributed by atoms with Crippen molar-refractivity contribution in [3.63, 3.8) is 0 Å². The maximum atomic E-state index is 13.2. The molecule has 0 heterocycles. The van der Waals surface area contributed by atoms with Gasteiger partial charge in [0.15, 0.2) is 5.82 Å². The molecule has 0 aliphatic heterocycles. The monoisotopic (exact) mass is 292 g/mol. The van der Waals surface area contributed by atoms with Gasteiger partial charge >= 0.3 is 0 Å². The molecule has 3 nitrogen and oxygen atoms in total. The third-order valence-electron chi connectivity index (χ3n) is 3.02. The zero-order chi connectivity index (χ0) is 13.9. The fraction of sp³-hybridized carbons (Fsp3) is 0.417. The van der Waals surface area contributed by atoms with E-state index in [1.54, 1.807) is 6.92 Å². The van der Waals surface area contributed by atoms with Crippen LogP contribution >= 0.6 is 23.2 Å². The molecular weight excluding hydrogens is 278 g/mol. The van der Waals surface area contributed by atoms with E-state index in [4.69, 9.17) is 28.9 Å². The zero-order valence-corrected chi connectivity index (χ0v) is 11.7. The number of nitrogens with two attached hydrogens (primary N) is 1. The fourth-order valence-electron chi connectivity index (χ4n) is 1.31. The lowest BCUT2D eigenvalue weighted by atomic mass is 9.86. The van der Waals surface area contributed by atoms with Crippen molar-refractivity contribution in [2.75, 3.05) is 11.9 Å². The Bertz CT molecular complexity index is 438. The van der Waals surface area contributed by atoms with Gasteiger partial charge in [-0.3, -0.25) is 4.79 Å². The van der Waals surface area contributed by atoms with Crippen LogP contribution in [0.3, 0.4) is 0 Å². The Hall–Kier alpha value is -0.840. The number of benzene rings is 1. The predicted molar refractivity (Wildman–Crippen MR) is 72.5 cm³/mol. The fourth-order valence-corrected chi connectivity index (χ4v) is 1.79. The maximum Gasteiger partial charge on any atom is 0.231 e. The van der Waals surface area contributed by atoms with Gasteiger partial charge in [-0.2, -0.15) is 0 Å². The van der Waals surface area contributed by atoms with Crippen molar-refractivity contribution in [3.8, 4) is 0 Å². The number of hydrogen-bond acceptors (Lipinski definition) is 2. The summed E-state index contributed by atoms with van der Waals surface area (Å²) >= 11 is 11.3. The van der Waals surface area contributed by atoms with Crippen molar-refractivity contribution in [2.24, 2.45) is 11.1 Å². The third kappa shape index (κ3) is 3.13. The van der Waals surface area contributed by atoms with Crippen LogP contribution in [0.4, 0.5) is 10.1 Å². The molecule has 0 radical (unpaired) electrons. The Morgan fingerprint density at radius 1 is 1.44 bits per heavy atom. The number of carbonyl (C=O) groups excluding carboxylic acids is 1. The number of rotatable bonds is 4. The van der Waals surface area contributed by atoms with Crippen LogP contribution in [0.2, 0.25) is 10.0 Å². The first kappa shape index (κ1) is 15.2. The summed E-state index contributed by atoms with van der Waals surface area (Å²) in [5, 5.41) is 2.37. The Morgan fingerprint density at radius 2 is 1.94 bits per heavy atom. The molecule has 0 spiro atoms. The third-order valence-corrected chi connectivity index (χ3v) is 3.57. The second kappa shape index (κ2) is 5.87. The molecule has 0 saturated carbocycles. The van der Waals surface area contributed by atoms with Crippen LogP contribution in [0, 0.1) is 11.2 Å².